The third-order valence-corrected chi connectivity index (χ3v) is 0.655. The molecular weight excluding hydrogens is 135 g/mol. The van der Waals surface area contributed by atoms with E-state index in [1.54, 1.807) is 0 Å². The molecule has 0 atom stereocenters. The summed E-state index contributed by atoms with van der Waals surface area (Å²) < 4.78 is 35.1. The van der Waals surface area contributed by atoms with Crippen LogP contribution in [0.15, 0.2) is 0 Å². The van der Waals surface area contributed by atoms with Gasteiger partial charge >= 0.3 is 11.8 Å². The van der Waals surface area contributed by atoms with Gasteiger partial charge in [0, 0.05) is 14.0 Å². The van der Waals surface area contributed by atoms with Crippen molar-refractivity contribution < 1.29 is 18.1 Å². The molecule has 0 saturated heterocycles. The molecule has 0 aliphatic rings. The van der Waals surface area contributed by atoms with Gasteiger partial charge in [0.05, 0.1) is 0 Å². The van der Waals surface area contributed by atoms with Crippen molar-refractivity contribution in [2.45, 2.75) is 12.8 Å². The first-order chi connectivity index (χ1) is 3.85. The molecule has 0 N–H and O–H groups in total. The fourth-order valence-corrected chi connectivity index (χ4v) is 0.271. The van der Waals surface area contributed by atoms with Crippen molar-refractivity contribution in [2.24, 2.45) is 0 Å². The van der Waals surface area contributed by atoms with Crippen LogP contribution in [0.5, 0.6) is 0 Å². The van der Waals surface area contributed by atoms with E-state index in [4.69, 9.17) is 0 Å². The molecule has 0 bridgehead atoms. The normalized spacial score (nSPS) is 11.2. The molecule has 0 aliphatic carbocycles. The smallest absolute Gasteiger partial charge is 0.265 e. The van der Waals surface area contributed by atoms with Crippen molar-refractivity contribution in [1.29, 1.82) is 0 Å². The maximum Gasteiger partial charge on any atom is 0.324 e. The summed E-state index contributed by atoms with van der Waals surface area (Å²) in [5.41, 5.74) is 0. The van der Waals surface area contributed by atoms with Gasteiger partial charge in [0.25, 0.3) is 0 Å². The van der Waals surface area contributed by atoms with Gasteiger partial charge in [-0.05, 0) is 0 Å². The van der Waals surface area contributed by atoms with Gasteiger partial charge in [0.1, 0.15) is 0 Å². The monoisotopic (exact) mass is 141 g/mol. The van der Waals surface area contributed by atoms with E-state index in [0.717, 1.165) is 0 Å². The number of hydrogen-bond donors (Lipinski definition) is 0. The third-order valence-electron chi connectivity index (χ3n) is 0.655. The van der Waals surface area contributed by atoms with Crippen LogP contribution >= 0.6 is 0 Å². The summed E-state index contributed by atoms with van der Waals surface area (Å²) in [5.74, 6) is -5.44. The lowest BCUT2D eigenvalue weighted by atomic mass is 10.4. The van der Waals surface area contributed by atoms with E-state index in [1.807, 2.05) is 0 Å². The fraction of sp³-hybridized carbons (Fsp3) is 0.750. The van der Waals surface area contributed by atoms with Crippen LogP contribution in [-0.4, -0.2) is 24.0 Å². The first-order valence-electron chi connectivity index (χ1n) is 2.17. The minimum absolute atomic E-state index is 0.339. The minimum atomic E-state index is -3.61. The van der Waals surface area contributed by atoms with E-state index in [2.05, 4.69) is 0 Å². The van der Waals surface area contributed by atoms with E-state index in [1.165, 1.54) is 0 Å². The van der Waals surface area contributed by atoms with Gasteiger partial charge < -0.3 is 0 Å². The number of carbonyl (C=O) groups is 1. The molecule has 0 aromatic rings. The average Bonchev–Trinajstić information content (AvgIpc) is 1.62. The second-order valence-corrected chi connectivity index (χ2v) is 1.67. The Kier molecular flexibility index (Phi) is 2.06. The van der Waals surface area contributed by atoms with Crippen LogP contribution in [-0.2, 0) is 4.79 Å². The Hall–Kier alpha value is -0.740. The van der Waals surface area contributed by atoms with Gasteiger partial charge in [0.2, 0.25) is 0 Å². The van der Waals surface area contributed by atoms with Gasteiger partial charge in [0.15, 0.2) is 0 Å². The van der Waals surface area contributed by atoms with Gasteiger partial charge in [-0.25, -0.2) is 0 Å². The number of nitrogens with zero attached hydrogens (tertiary/aromatic N) is 1. The molecular formula is C4H6F3NO. The fourth-order valence-electron chi connectivity index (χ4n) is 0.271. The Labute approximate surface area is 50.2 Å². The Balaban J connectivity index is 4.06. The maximum absolute atomic E-state index is 11.7. The van der Waals surface area contributed by atoms with Gasteiger partial charge in [-0.2, -0.15) is 13.9 Å². The van der Waals surface area contributed by atoms with Crippen molar-refractivity contribution in [1.82, 2.24) is 5.12 Å². The number of hydrogen-bond acceptors (Lipinski definition) is 1. The highest BCUT2D eigenvalue weighted by molar-refractivity contribution is 5.81. The van der Waals surface area contributed by atoms with Crippen LogP contribution in [0.4, 0.5) is 13.3 Å². The van der Waals surface area contributed by atoms with Crippen LogP contribution in [0.3, 0.4) is 0 Å². The molecule has 0 heterocycles. The largest absolute Gasteiger partial charge is 0.324 e. The third kappa shape index (κ3) is 2.34. The van der Waals surface area contributed by atoms with Crippen LogP contribution in [0.1, 0.15) is 6.92 Å². The quantitative estimate of drug-likeness (QED) is 0.498. The zero-order chi connectivity index (χ0) is 7.65. The number of alkyl halides is 2. The number of carbonyl (C=O) groups excluding carboxylic acids is 1. The summed E-state index contributed by atoms with van der Waals surface area (Å²) in [4.78, 5) is 9.97. The van der Waals surface area contributed by atoms with Gasteiger partial charge in [-0.1, -0.05) is 4.48 Å². The standard InChI is InChI=1S/C4H6F3NO/c1-4(5,6)3(9)8(2)7/h1-2H3. The summed E-state index contributed by atoms with van der Waals surface area (Å²) in [7, 11) is 0.625. The molecule has 0 rings (SSSR count). The zero-order valence-electron chi connectivity index (χ0n) is 4.99. The lowest BCUT2D eigenvalue weighted by Crippen LogP contribution is -2.34. The molecule has 2 nitrogen and oxygen atoms in total. The lowest BCUT2D eigenvalue weighted by Gasteiger charge is -2.10. The highest BCUT2D eigenvalue weighted by Gasteiger charge is 2.35. The minimum Gasteiger partial charge on any atom is -0.265 e. The SMILES string of the molecule is CN(F)C(=O)C(C)(F)F. The molecule has 0 fully saturated rings. The van der Waals surface area contributed by atoms with Crippen molar-refractivity contribution in [2.75, 3.05) is 7.05 Å². The molecule has 0 aliphatic heterocycles. The molecule has 0 radical (unpaired) electrons. The Morgan fingerprint density at radius 2 is 1.89 bits per heavy atom. The van der Waals surface area contributed by atoms with E-state index in [9.17, 15) is 18.1 Å². The van der Waals surface area contributed by atoms with Crippen molar-refractivity contribution in [3.63, 3.8) is 0 Å². The predicted octanol–water partition coefficient (Wildman–Crippen LogP) is 0.985. The summed E-state index contributed by atoms with van der Waals surface area (Å²) >= 11 is 0. The van der Waals surface area contributed by atoms with E-state index in [0.29, 0.717) is 14.0 Å². The van der Waals surface area contributed by atoms with Gasteiger partial charge in [-0.3, -0.25) is 4.79 Å². The number of halogens is 3. The van der Waals surface area contributed by atoms with Crippen LogP contribution in [0.25, 0.3) is 0 Å². The highest BCUT2D eigenvalue weighted by atomic mass is 19.3. The first-order valence-corrected chi connectivity index (χ1v) is 2.17. The predicted molar refractivity (Wildman–Crippen MR) is 24.5 cm³/mol. The number of amides is 1. The highest BCUT2D eigenvalue weighted by Crippen LogP contribution is 2.14. The van der Waals surface area contributed by atoms with Crippen molar-refractivity contribution >= 4 is 5.91 Å². The molecule has 0 aromatic heterocycles. The van der Waals surface area contributed by atoms with Crippen molar-refractivity contribution in [3.05, 3.63) is 0 Å². The summed E-state index contributed by atoms with van der Waals surface area (Å²) in [6.45, 7) is 0.339. The molecule has 5 heteroatoms. The molecule has 9 heavy (non-hydrogen) atoms. The Morgan fingerprint density at radius 3 is 1.89 bits per heavy atom. The molecule has 0 aromatic carbocycles. The average molecular weight is 141 g/mol. The van der Waals surface area contributed by atoms with Crippen LogP contribution in [0.2, 0.25) is 0 Å². The Morgan fingerprint density at radius 1 is 1.56 bits per heavy atom. The number of rotatable bonds is 1. The Bertz CT molecular complexity index is 117. The van der Waals surface area contributed by atoms with Crippen molar-refractivity contribution in [3.8, 4) is 0 Å². The first kappa shape index (κ1) is 8.26. The maximum atomic E-state index is 11.7. The second-order valence-electron chi connectivity index (χ2n) is 1.67. The summed E-state index contributed by atoms with van der Waals surface area (Å²) in [6.07, 6.45) is 0. The molecule has 0 spiro atoms. The van der Waals surface area contributed by atoms with Gasteiger partial charge in [-0.15, -0.1) is 0 Å². The van der Waals surface area contributed by atoms with E-state index < -0.39 is 17.0 Å². The summed E-state index contributed by atoms with van der Waals surface area (Å²) in [6, 6.07) is 0. The second kappa shape index (κ2) is 2.24. The van der Waals surface area contributed by atoms with E-state index in [-0.39, 0.29) is 0 Å². The van der Waals surface area contributed by atoms with E-state index >= 15 is 0 Å². The zero-order valence-corrected chi connectivity index (χ0v) is 4.99. The topological polar surface area (TPSA) is 20.3 Å². The molecule has 1 amide bonds. The molecule has 0 saturated carbocycles. The molecule has 0 unspecified atom stereocenters. The lowest BCUT2D eigenvalue weighted by molar-refractivity contribution is -0.167. The molecule has 54 valence electrons. The van der Waals surface area contributed by atoms with Crippen LogP contribution < -0.4 is 0 Å². The van der Waals surface area contributed by atoms with Crippen LogP contribution in [0, 0.1) is 0 Å². The summed E-state index contributed by atoms with van der Waals surface area (Å²) in [5, 5.41) is -0.639.